The van der Waals surface area contributed by atoms with Crippen molar-refractivity contribution >= 4 is 5.82 Å². The molecule has 0 saturated carbocycles. The van der Waals surface area contributed by atoms with Crippen LogP contribution in [0.25, 0.3) is 0 Å². The molecule has 3 nitrogen and oxygen atoms in total. The van der Waals surface area contributed by atoms with Gasteiger partial charge in [0.15, 0.2) is 0 Å². The van der Waals surface area contributed by atoms with Crippen LogP contribution in [0.1, 0.15) is 24.1 Å². The average Bonchev–Trinajstić information content (AvgIpc) is 2.40. The van der Waals surface area contributed by atoms with Gasteiger partial charge in [-0.15, -0.1) is 0 Å². The second kappa shape index (κ2) is 5.65. The summed E-state index contributed by atoms with van der Waals surface area (Å²) in [5.41, 5.74) is 8.15. The second-order valence-electron chi connectivity index (χ2n) is 4.58. The summed E-state index contributed by atoms with van der Waals surface area (Å²) in [6.45, 7) is 2.82. The predicted molar refractivity (Wildman–Crippen MR) is 75.4 cm³/mol. The number of hydrogen-bond donors (Lipinski definition) is 1. The van der Waals surface area contributed by atoms with E-state index >= 15 is 0 Å². The summed E-state index contributed by atoms with van der Waals surface area (Å²) in [4.78, 5) is 6.57. The molecule has 0 saturated heterocycles. The molecule has 2 rings (SSSR count). The lowest BCUT2D eigenvalue weighted by atomic mass is 10.1. The largest absolute Gasteiger partial charge is 0.355 e. The van der Waals surface area contributed by atoms with Crippen molar-refractivity contribution in [2.45, 2.75) is 19.5 Å². The molecule has 0 radical (unpaired) electrons. The van der Waals surface area contributed by atoms with E-state index in [4.69, 9.17) is 5.73 Å². The smallest absolute Gasteiger partial charge is 0.128 e. The molecule has 0 aliphatic heterocycles. The van der Waals surface area contributed by atoms with Crippen LogP contribution in [0.15, 0.2) is 48.7 Å². The van der Waals surface area contributed by atoms with Gasteiger partial charge in [0.1, 0.15) is 5.82 Å². The van der Waals surface area contributed by atoms with Gasteiger partial charge in [0, 0.05) is 25.8 Å². The Morgan fingerprint density at radius 2 is 1.89 bits per heavy atom. The summed E-state index contributed by atoms with van der Waals surface area (Å²) in [7, 11) is 2.04. The zero-order valence-electron chi connectivity index (χ0n) is 10.9. The van der Waals surface area contributed by atoms with Crippen LogP contribution in [0, 0.1) is 0 Å². The molecular formula is C15H19N3. The standard InChI is InChI=1S/C15H19N3/c1-12(16)14-8-9-15(17-10-14)18(2)11-13-6-4-3-5-7-13/h3-10,12H,11,16H2,1-2H3/t12-/m1/s1. The summed E-state index contributed by atoms with van der Waals surface area (Å²) in [5.74, 6) is 0.961. The fraction of sp³-hybridized carbons (Fsp3) is 0.267. The van der Waals surface area contributed by atoms with Crippen LogP contribution < -0.4 is 10.6 Å². The van der Waals surface area contributed by atoms with E-state index in [-0.39, 0.29) is 6.04 Å². The van der Waals surface area contributed by atoms with Crippen molar-refractivity contribution in [3.05, 3.63) is 59.8 Å². The van der Waals surface area contributed by atoms with Gasteiger partial charge in [-0.2, -0.15) is 0 Å². The minimum atomic E-state index is 0.0333. The molecular weight excluding hydrogens is 222 g/mol. The summed E-state index contributed by atoms with van der Waals surface area (Å²) < 4.78 is 0. The number of anilines is 1. The monoisotopic (exact) mass is 241 g/mol. The third-order valence-electron chi connectivity index (χ3n) is 2.95. The van der Waals surface area contributed by atoms with Crippen molar-refractivity contribution in [2.75, 3.05) is 11.9 Å². The molecule has 1 aromatic heterocycles. The maximum atomic E-state index is 5.81. The molecule has 1 heterocycles. The Balaban J connectivity index is 2.07. The van der Waals surface area contributed by atoms with Crippen LogP contribution in [0.4, 0.5) is 5.82 Å². The van der Waals surface area contributed by atoms with Crippen molar-refractivity contribution in [3.8, 4) is 0 Å². The summed E-state index contributed by atoms with van der Waals surface area (Å²) in [6.07, 6.45) is 1.85. The fourth-order valence-corrected chi connectivity index (χ4v) is 1.83. The quantitative estimate of drug-likeness (QED) is 0.895. The third kappa shape index (κ3) is 3.08. The molecule has 0 spiro atoms. The molecule has 0 aliphatic rings. The van der Waals surface area contributed by atoms with Gasteiger partial charge in [-0.05, 0) is 24.1 Å². The van der Waals surface area contributed by atoms with Gasteiger partial charge >= 0.3 is 0 Å². The Hall–Kier alpha value is -1.87. The van der Waals surface area contributed by atoms with Gasteiger partial charge < -0.3 is 10.6 Å². The molecule has 0 fully saturated rings. The highest BCUT2D eigenvalue weighted by Gasteiger charge is 2.05. The number of benzene rings is 1. The van der Waals surface area contributed by atoms with Crippen LogP contribution in [0.3, 0.4) is 0 Å². The van der Waals surface area contributed by atoms with Gasteiger partial charge in [0.25, 0.3) is 0 Å². The highest BCUT2D eigenvalue weighted by atomic mass is 15.2. The van der Waals surface area contributed by atoms with E-state index in [2.05, 4.69) is 34.1 Å². The highest BCUT2D eigenvalue weighted by Crippen LogP contribution is 2.15. The SMILES string of the molecule is C[C@@H](N)c1ccc(N(C)Cc2ccccc2)nc1. The predicted octanol–water partition coefficient (Wildman–Crippen LogP) is 2.74. The molecule has 94 valence electrons. The number of hydrogen-bond acceptors (Lipinski definition) is 3. The van der Waals surface area contributed by atoms with E-state index in [9.17, 15) is 0 Å². The first-order chi connectivity index (χ1) is 8.66. The van der Waals surface area contributed by atoms with Crippen LogP contribution >= 0.6 is 0 Å². The van der Waals surface area contributed by atoms with Crippen LogP contribution in [0.5, 0.6) is 0 Å². The number of aromatic nitrogens is 1. The second-order valence-corrected chi connectivity index (χ2v) is 4.58. The lowest BCUT2D eigenvalue weighted by Crippen LogP contribution is -2.17. The molecule has 3 heteroatoms. The van der Waals surface area contributed by atoms with Crippen LogP contribution in [-0.4, -0.2) is 12.0 Å². The van der Waals surface area contributed by atoms with Crippen LogP contribution in [0.2, 0.25) is 0 Å². The number of rotatable bonds is 4. The molecule has 1 aromatic carbocycles. The third-order valence-corrected chi connectivity index (χ3v) is 2.95. The zero-order valence-corrected chi connectivity index (χ0v) is 10.9. The maximum Gasteiger partial charge on any atom is 0.128 e. The van der Waals surface area contributed by atoms with Crippen molar-refractivity contribution in [1.82, 2.24) is 4.98 Å². The van der Waals surface area contributed by atoms with Gasteiger partial charge in [-0.25, -0.2) is 4.98 Å². The van der Waals surface area contributed by atoms with E-state index in [0.717, 1.165) is 17.9 Å². The number of nitrogens with two attached hydrogens (primary N) is 1. The minimum absolute atomic E-state index is 0.0333. The topological polar surface area (TPSA) is 42.1 Å². The molecule has 18 heavy (non-hydrogen) atoms. The average molecular weight is 241 g/mol. The first-order valence-electron chi connectivity index (χ1n) is 6.13. The molecule has 0 amide bonds. The maximum absolute atomic E-state index is 5.81. The van der Waals surface area contributed by atoms with E-state index < -0.39 is 0 Å². The first kappa shape index (κ1) is 12.6. The van der Waals surface area contributed by atoms with Gasteiger partial charge in [0.2, 0.25) is 0 Å². The molecule has 1 atom stereocenters. The van der Waals surface area contributed by atoms with Crippen molar-refractivity contribution in [3.63, 3.8) is 0 Å². The molecule has 2 N–H and O–H groups in total. The van der Waals surface area contributed by atoms with E-state index in [1.165, 1.54) is 5.56 Å². The first-order valence-corrected chi connectivity index (χ1v) is 6.13. The molecule has 0 aliphatic carbocycles. The Kier molecular flexibility index (Phi) is 3.95. The number of pyridine rings is 1. The Labute approximate surface area is 108 Å². The van der Waals surface area contributed by atoms with Gasteiger partial charge in [-0.3, -0.25) is 0 Å². The molecule has 0 bridgehead atoms. The van der Waals surface area contributed by atoms with Gasteiger partial charge in [0.05, 0.1) is 0 Å². The summed E-state index contributed by atoms with van der Waals surface area (Å²) >= 11 is 0. The van der Waals surface area contributed by atoms with Crippen molar-refractivity contribution in [2.24, 2.45) is 5.73 Å². The van der Waals surface area contributed by atoms with Crippen molar-refractivity contribution in [1.29, 1.82) is 0 Å². The normalized spacial score (nSPS) is 12.2. The zero-order chi connectivity index (χ0) is 13.0. The van der Waals surface area contributed by atoms with E-state index in [0.29, 0.717) is 0 Å². The fourth-order valence-electron chi connectivity index (χ4n) is 1.83. The Morgan fingerprint density at radius 3 is 2.44 bits per heavy atom. The summed E-state index contributed by atoms with van der Waals surface area (Å²) in [5, 5.41) is 0. The minimum Gasteiger partial charge on any atom is -0.355 e. The van der Waals surface area contributed by atoms with Crippen molar-refractivity contribution < 1.29 is 0 Å². The lowest BCUT2D eigenvalue weighted by Gasteiger charge is -2.18. The van der Waals surface area contributed by atoms with E-state index in [1.807, 2.05) is 38.4 Å². The number of nitrogens with zero attached hydrogens (tertiary/aromatic N) is 2. The Morgan fingerprint density at radius 1 is 1.17 bits per heavy atom. The lowest BCUT2D eigenvalue weighted by molar-refractivity contribution is 0.807. The Bertz CT molecular complexity index is 477. The summed E-state index contributed by atoms with van der Waals surface area (Å²) in [6, 6.07) is 14.5. The molecule has 0 unspecified atom stereocenters. The van der Waals surface area contributed by atoms with Gasteiger partial charge in [-0.1, -0.05) is 36.4 Å². The molecule has 2 aromatic rings. The van der Waals surface area contributed by atoms with E-state index in [1.54, 1.807) is 0 Å². The van der Waals surface area contributed by atoms with Crippen LogP contribution in [-0.2, 0) is 6.54 Å². The highest BCUT2D eigenvalue weighted by molar-refractivity contribution is 5.39.